The number of carbonyl (C=O) groups is 3. The van der Waals surface area contributed by atoms with Gasteiger partial charge in [-0.3, -0.25) is 29.1 Å². The van der Waals surface area contributed by atoms with E-state index in [1.54, 1.807) is 0 Å². The van der Waals surface area contributed by atoms with Crippen molar-refractivity contribution in [3.8, 4) is 11.5 Å². The largest absolute Gasteiger partial charge is 0.503 e. The summed E-state index contributed by atoms with van der Waals surface area (Å²) in [5.74, 6) is -4.70. The molecular weight excluding hydrogens is 424 g/mol. The molecule has 0 aliphatic rings. The highest BCUT2D eigenvalue weighted by Crippen LogP contribution is 2.53. The summed E-state index contributed by atoms with van der Waals surface area (Å²) in [5.41, 5.74) is 4.17. The van der Waals surface area contributed by atoms with Crippen LogP contribution in [0, 0.1) is 0 Å². The molecule has 1 aromatic carbocycles. The molecule has 0 saturated carbocycles. The Morgan fingerprint density at radius 3 is 1.41 bits per heavy atom. The topological polar surface area (TPSA) is 188 Å². The maximum atomic E-state index is 12.5. The summed E-state index contributed by atoms with van der Waals surface area (Å²) in [6.07, 6.45) is 2.28. The van der Waals surface area contributed by atoms with Gasteiger partial charge < -0.3 is 31.3 Å². The summed E-state index contributed by atoms with van der Waals surface area (Å²) in [4.78, 5) is 39.0. The van der Waals surface area contributed by atoms with Gasteiger partial charge >= 0.3 is 0 Å². The molecule has 0 aliphatic heterocycles. The van der Waals surface area contributed by atoms with E-state index in [1.807, 2.05) is 0 Å². The number of nitrogens with two attached hydrogens (primary N) is 1. The van der Waals surface area contributed by atoms with Gasteiger partial charge in [-0.25, -0.2) is 0 Å². The van der Waals surface area contributed by atoms with Crippen molar-refractivity contribution in [3.63, 3.8) is 0 Å². The molecule has 174 valence electrons. The summed E-state index contributed by atoms with van der Waals surface area (Å²) in [5, 5.41) is 51.0. The van der Waals surface area contributed by atoms with Gasteiger partial charge in [0.1, 0.15) is 25.9 Å². The average Bonchev–Trinajstić information content (AvgIpc) is 2.80. The summed E-state index contributed by atoms with van der Waals surface area (Å²) < 4.78 is 0. The first-order valence-corrected chi connectivity index (χ1v) is 9.15. The normalized spacial score (nSPS) is 10.2. The number of nitrogens with zero attached hydrogens (tertiary/aromatic N) is 3. The van der Waals surface area contributed by atoms with Crippen molar-refractivity contribution >= 4 is 34.8 Å². The predicted octanol–water partition coefficient (Wildman–Crippen LogP) is -0.995. The second-order valence-corrected chi connectivity index (χ2v) is 6.10. The van der Waals surface area contributed by atoms with Crippen molar-refractivity contribution in [1.29, 1.82) is 0 Å². The first kappa shape index (κ1) is 26.3. The van der Waals surface area contributed by atoms with Crippen LogP contribution in [0.2, 0.25) is 0 Å². The van der Waals surface area contributed by atoms with E-state index in [0.717, 1.165) is 18.2 Å². The Hall–Kier alpha value is -3.71. The lowest BCUT2D eigenvalue weighted by Gasteiger charge is -2.33. The lowest BCUT2D eigenvalue weighted by Crippen LogP contribution is -2.38. The van der Waals surface area contributed by atoms with Crippen molar-refractivity contribution in [2.75, 3.05) is 41.4 Å². The second-order valence-electron chi connectivity index (χ2n) is 6.10. The van der Waals surface area contributed by atoms with Gasteiger partial charge in [0, 0.05) is 5.56 Å². The number of carbonyl (C=O) groups excluding carboxylic acids is 3. The number of hydrogen-bond acceptors (Lipinski definition) is 9. The van der Waals surface area contributed by atoms with Crippen molar-refractivity contribution in [2.24, 2.45) is 5.73 Å². The van der Waals surface area contributed by atoms with Crippen molar-refractivity contribution in [3.05, 3.63) is 43.5 Å². The number of aliphatic hydroxyl groups excluding tert-OH is 3. The molecule has 1 aromatic rings. The summed E-state index contributed by atoms with van der Waals surface area (Å²) >= 11 is 0. The third-order valence-corrected chi connectivity index (χ3v) is 4.42. The van der Waals surface area contributed by atoms with Crippen molar-refractivity contribution in [1.82, 2.24) is 0 Å². The number of phenols is 2. The molecule has 0 saturated heterocycles. The fourth-order valence-electron chi connectivity index (χ4n) is 3.04. The van der Waals surface area contributed by atoms with E-state index in [2.05, 4.69) is 19.7 Å². The van der Waals surface area contributed by atoms with Gasteiger partial charge in [0.2, 0.25) is 0 Å². The number of aromatic hydroxyl groups is 2. The lowest BCUT2D eigenvalue weighted by molar-refractivity contribution is -0.116. The molecule has 12 nitrogen and oxygen atoms in total. The van der Waals surface area contributed by atoms with Crippen molar-refractivity contribution in [2.45, 2.75) is 6.42 Å². The van der Waals surface area contributed by atoms with Gasteiger partial charge in [-0.1, -0.05) is 19.7 Å². The van der Waals surface area contributed by atoms with Gasteiger partial charge in [-0.2, -0.15) is 0 Å². The van der Waals surface area contributed by atoms with Crippen LogP contribution in [0.4, 0.5) is 17.1 Å². The van der Waals surface area contributed by atoms with Gasteiger partial charge in [-0.05, 0) is 31.2 Å². The molecule has 0 aliphatic carbocycles. The Balaban J connectivity index is 4.33. The number of hydrogen-bond donors (Lipinski definition) is 6. The first-order chi connectivity index (χ1) is 15.2. The van der Waals surface area contributed by atoms with Gasteiger partial charge in [0.25, 0.3) is 17.7 Å². The van der Waals surface area contributed by atoms with Crippen LogP contribution in [0.1, 0.15) is 5.56 Å². The summed E-state index contributed by atoms with van der Waals surface area (Å²) in [7, 11) is 0. The SMILES string of the molecule is C=CC(=O)N(CO)c1c(O)c(O)c(N(CO)C(=O)C=C)c(N(CO)C(=O)C=C)c1CCN. The zero-order valence-corrected chi connectivity index (χ0v) is 17.3. The van der Waals surface area contributed by atoms with E-state index in [1.165, 1.54) is 0 Å². The minimum atomic E-state index is -1.04. The molecule has 0 aromatic heterocycles. The molecule has 0 bridgehead atoms. The zero-order valence-electron chi connectivity index (χ0n) is 17.3. The molecule has 0 spiro atoms. The van der Waals surface area contributed by atoms with Gasteiger partial charge in [-0.15, -0.1) is 0 Å². The summed E-state index contributed by atoms with van der Waals surface area (Å²) in [6, 6.07) is 0. The van der Waals surface area contributed by atoms with Crippen LogP contribution >= 0.6 is 0 Å². The molecule has 12 heteroatoms. The Morgan fingerprint density at radius 2 is 1.06 bits per heavy atom. The second kappa shape index (κ2) is 11.6. The van der Waals surface area contributed by atoms with Gasteiger partial charge in [0.15, 0.2) is 11.5 Å². The third-order valence-electron chi connectivity index (χ3n) is 4.42. The highest BCUT2D eigenvalue weighted by Gasteiger charge is 2.35. The van der Waals surface area contributed by atoms with E-state index >= 15 is 0 Å². The van der Waals surface area contributed by atoms with Crippen LogP contribution in [-0.4, -0.2) is 70.0 Å². The number of phenolic OH excluding ortho intramolecular Hbond substituents is 2. The Morgan fingerprint density at radius 1 is 0.719 bits per heavy atom. The summed E-state index contributed by atoms with van der Waals surface area (Å²) in [6.45, 7) is 6.82. The molecule has 0 unspecified atom stereocenters. The number of benzene rings is 1. The number of anilines is 3. The zero-order chi connectivity index (χ0) is 24.6. The van der Waals surface area contributed by atoms with E-state index in [9.17, 15) is 39.9 Å². The Labute approximate surface area is 184 Å². The molecule has 32 heavy (non-hydrogen) atoms. The molecule has 0 atom stereocenters. The van der Waals surface area contributed by atoms with Crippen molar-refractivity contribution < 1.29 is 39.9 Å². The highest BCUT2D eigenvalue weighted by molar-refractivity contribution is 6.13. The quantitative estimate of drug-likeness (QED) is 0.140. The molecule has 7 N–H and O–H groups in total. The first-order valence-electron chi connectivity index (χ1n) is 9.15. The molecule has 1 rings (SSSR count). The van der Waals surface area contributed by atoms with E-state index in [4.69, 9.17) is 5.73 Å². The minimum absolute atomic E-state index is 0.110. The van der Waals surface area contributed by atoms with E-state index in [-0.39, 0.29) is 24.2 Å². The van der Waals surface area contributed by atoms with Crippen LogP contribution in [0.3, 0.4) is 0 Å². The molecular formula is C20H26N4O8. The Kier molecular flexibility index (Phi) is 9.56. The monoisotopic (exact) mass is 450 g/mol. The molecule has 0 radical (unpaired) electrons. The van der Waals surface area contributed by atoms with E-state index in [0.29, 0.717) is 14.7 Å². The van der Waals surface area contributed by atoms with Crippen LogP contribution in [0.25, 0.3) is 0 Å². The average molecular weight is 450 g/mol. The minimum Gasteiger partial charge on any atom is -0.503 e. The van der Waals surface area contributed by atoms with E-state index < -0.39 is 60.8 Å². The van der Waals surface area contributed by atoms with Gasteiger partial charge in [0.05, 0.1) is 11.4 Å². The molecule has 3 amide bonds. The highest BCUT2D eigenvalue weighted by atomic mass is 16.3. The third kappa shape index (κ3) is 4.78. The maximum Gasteiger partial charge on any atom is 0.252 e. The number of rotatable bonds is 11. The maximum absolute atomic E-state index is 12.5. The van der Waals surface area contributed by atoms with Crippen LogP contribution < -0.4 is 20.4 Å². The van der Waals surface area contributed by atoms with Crippen LogP contribution in [0.5, 0.6) is 11.5 Å². The number of aliphatic hydroxyl groups is 3. The predicted molar refractivity (Wildman–Crippen MR) is 117 cm³/mol. The fourth-order valence-corrected chi connectivity index (χ4v) is 3.04. The van der Waals surface area contributed by atoms with Crippen LogP contribution in [0.15, 0.2) is 38.0 Å². The molecule has 0 heterocycles. The van der Waals surface area contributed by atoms with Crippen LogP contribution in [-0.2, 0) is 20.8 Å². The molecule has 0 fully saturated rings. The number of amides is 3. The Bertz CT molecular complexity index is 931. The lowest BCUT2D eigenvalue weighted by atomic mass is 9.99. The fraction of sp³-hybridized carbons (Fsp3) is 0.250. The smallest absolute Gasteiger partial charge is 0.252 e. The standard InChI is InChI=1S/C20H26N4O8/c1-4-13(28)22(9-25)16-12(7-8-21)17(23(10-26)14(29)5-2)19(31)20(32)18(16)24(11-27)15(30)6-3/h4-6,25-27,31-32H,1-3,7-11,21H2.